The number of ether oxygens (including phenoxy) is 1. The lowest BCUT2D eigenvalue weighted by atomic mass is 10.2. The van der Waals surface area contributed by atoms with Gasteiger partial charge in [-0.25, -0.2) is 9.10 Å². The van der Waals surface area contributed by atoms with Crippen molar-refractivity contribution in [3.63, 3.8) is 0 Å². The largest absolute Gasteiger partial charge is 0.445 e. The number of carbonyl (C=O) groups is 1. The first-order chi connectivity index (χ1) is 7.57. The summed E-state index contributed by atoms with van der Waals surface area (Å²) >= 11 is 17.1. The Kier molecular flexibility index (Phi) is 6.94. The third-order valence-corrected chi connectivity index (χ3v) is 2.77. The molecule has 5 nitrogen and oxygen atoms in total. The topological polar surface area (TPSA) is 51.1 Å². The third kappa shape index (κ3) is 8.79. The zero-order chi connectivity index (χ0) is 13.7. The molecule has 0 radical (unpaired) electrons. The highest BCUT2D eigenvalue weighted by molar-refractivity contribution is 8.03. The second kappa shape index (κ2) is 6.89. The summed E-state index contributed by atoms with van der Waals surface area (Å²) in [7, 11) is 2.91. The molecule has 0 saturated carbocycles. The first-order valence-electron chi connectivity index (χ1n) is 4.37. The number of alkyl halides is 3. The number of amides is 1. The van der Waals surface area contributed by atoms with E-state index in [1.165, 1.54) is 20.4 Å². The van der Waals surface area contributed by atoms with E-state index >= 15 is 0 Å². The van der Waals surface area contributed by atoms with Gasteiger partial charge in [0, 0.05) is 26.1 Å². The van der Waals surface area contributed by atoms with Crippen LogP contribution in [0.3, 0.4) is 0 Å². The summed E-state index contributed by atoms with van der Waals surface area (Å²) < 4.78 is 4.42. The summed E-state index contributed by atoms with van der Waals surface area (Å²) in [4.78, 5) is 15.9. The Morgan fingerprint density at radius 3 is 2.35 bits per heavy atom. The van der Waals surface area contributed by atoms with Crippen LogP contribution in [0.1, 0.15) is 13.8 Å². The number of methoxy groups -OCH3 is 1. The maximum absolute atomic E-state index is 11.3. The molecule has 0 aliphatic carbocycles. The molecule has 0 bridgehead atoms. The van der Waals surface area contributed by atoms with E-state index in [1.54, 1.807) is 13.8 Å². The van der Waals surface area contributed by atoms with Crippen molar-refractivity contribution in [1.82, 2.24) is 4.31 Å². The second-order valence-corrected chi connectivity index (χ2v) is 7.73. The molecule has 0 aromatic carbocycles. The number of hydrogen-bond acceptors (Lipinski definition) is 5. The fourth-order valence-electron chi connectivity index (χ4n) is 0.501. The lowest BCUT2D eigenvalue weighted by Crippen LogP contribution is -2.26. The maximum atomic E-state index is 11.3. The number of halogens is 3. The quantitative estimate of drug-likeness (QED) is 0.261. The minimum Gasteiger partial charge on any atom is -0.373 e. The van der Waals surface area contributed by atoms with Gasteiger partial charge in [0.05, 0.1) is 6.21 Å². The average molecular weight is 324 g/mol. The predicted molar refractivity (Wildman–Crippen MR) is 71.7 cm³/mol. The molecule has 0 aliphatic heterocycles. The van der Waals surface area contributed by atoms with E-state index in [1.807, 2.05) is 0 Å². The molecule has 0 aromatic heterocycles. The van der Waals surface area contributed by atoms with E-state index in [-0.39, 0.29) is 0 Å². The van der Waals surface area contributed by atoms with E-state index in [9.17, 15) is 4.79 Å². The van der Waals surface area contributed by atoms with E-state index in [0.29, 0.717) is 11.9 Å². The molecule has 0 N–H and O–H groups in total. The van der Waals surface area contributed by atoms with Crippen molar-refractivity contribution in [3.05, 3.63) is 0 Å². The van der Waals surface area contributed by atoms with E-state index in [2.05, 4.69) is 9.99 Å². The SMILES string of the molecule is COC(C)(C)/C=N/OC(=O)N(C)SC(Cl)(Cl)Cl. The normalized spacial score (nSPS) is 12.9. The smallest absolute Gasteiger partial charge is 0.373 e. The zero-order valence-corrected chi connectivity index (χ0v) is 12.8. The molecule has 0 saturated heterocycles. The van der Waals surface area contributed by atoms with Gasteiger partial charge in [-0.15, -0.1) is 0 Å². The minimum absolute atomic E-state index is 0.624. The molecule has 17 heavy (non-hydrogen) atoms. The summed E-state index contributed by atoms with van der Waals surface area (Å²) in [5.41, 5.74) is -0.624. The highest BCUT2D eigenvalue weighted by Gasteiger charge is 2.27. The van der Waals surface area contributed by atoms with Crippen molar-refractivity contribution in [2.24, 2.45) is 5.16 Å². The number of carbonyl (C=O) groups excluding carboxylic acids is 1. The standard InChI is InChI=1S/C8H13Cl3N2O3S/c1-7(2,15-4)5-12-16-6(14)13(3)17-8(9,10)11/h5H,1-4H3/b12-5+. The molecule has 0 aliphatic rings. The maximum Gasteiger partial charge on any atom is 0.445 e. The molecule has 0 atom stereocenters. The van der Waals surface area contributed by atoms with E-state index < -0.39 is 14.8 Å². The number of hydrogen-bond donors (Lipinski definition) is 0. The summed E-state index contributed by atoms with van der Waals surface area (Å²) in [5, 5.41) is 3.48. The Morgan fingerprint density at radius 2 is 1.94 bits per heavy atom. The minimum atomic E-state index is -1.64. The van der Waals surface area contributed by atoms with Crippen molar-refractivity contribution in [2.45, 2.75) is 22.6 Å². The van der Waals surface area contributed by atoms with Crippen LogP contribution in [0.25, 0.3) is 0 Å². The van der Waals surface area contributed by atoms with Gasteiger partial charge >= 0.3 is 6.09 Å². The van der Waals surface area contributed by atoms with Gasteiger partial charge in [0.2, 0.25) is 0 Å². The molecule has 0 spiro atoms. The van der Waals surface area contributed by atoms with Crippen LogP contribution in [-0.2, 0) is 9.57 Å². The van der Waals surface area contributed by atoms with Gasteiger partial charge in [-0.1, -0.05) is 40.0 Å². The summed E-state index contributed by atoms with van der Waals surface area (Å²) in [6.07, 6.45) is 0.586. The molecular weight excluding hydrogens is 311 g/mol. The fraction of sp³-hybridized carbons (Fsp3) is 0.750. The lowest BCUT2D eigenvalue weighted by Gasteiger charge is -2.18. The Morgan fingerprint density at radius 1 is 1.41 bits per heavy atom. The van der Waals surface area contributed by atoms with Crippen LogP contribution in [0, 0.1) is 0 Å². The van der Waals surface area contributed by atoms with Crippen LogP contribution in [0.5, 0.6) is 0 Å². The summed E-state index contributed by atoms with van der Waals surface area (Å²) in [6, 6.07) is 0. The van der Waals surface area contributed by atoms with Gasteiger partial charge in [0.1, 0.15) is 5.60 Å². The van der Waals surface area contributed by atoms with Crippen LogP contribution in [-0.4, -0.2) is 39.5 Å². The van der Waals surface area contributed by atoms with Crippen molar-refractivity contribution in [1.29, 1.82) is 0 Å². The van der Waals surface area contributed by atoms with E-state index in [4.69, 9.17) is 39.5 Å². The van der Waals surface area contributed by atoms with Gasteiger partial charge in [-0.3, -0.25) is 4.84 Å². The molecule has 0 aromatic rings. The Bertz CT molecular complexity index is 294. The molecular formula is C8H13Cl3N2O3S. The number of rotatable bonds is 4. The highest BCUT2D eigenvalue weighted by atomic mass is 35.6. The van der Waals surface area contributed by atoms with Gasteiger partial charge in [-0.2, -0.15) is 0 Å². The zero-order valence-electron chi connectivity index (χ0n) is 9.74. The van der Waals surface area contributed by atoms with Gasteiger partial charge in [0.15, 0.2) is 0 Å². The van der Waals surface area contributed by atoms with Crippen LogP contribution in [0.15, 0.2) is 5.16 Å². The first-order valence-corrected chi connectivity index (χ1v) is 6.28. The summed E-state index contributed by atoms with van der Waals surface area (Å²) in [6.45, 7) is 3.51. The molecule has 100 valence electrons. The van der Waals surface area contributed by atoms with Gasteiger partial charge in [0.25, 0.3) is 3.12 Å². The van der Waals surface area contributed by atoms with Crippen molar-refractivity contribution < 1.29 is 14.4 Å². The first kappa shape index (κ1) is 17.1. The Hall–Kier alpha value is 0.120. The second-order valence-electron chi connectivity index (χ2n) is 3.43. The molecule has 0 rings (SSSR count). The molecule has 0 unspecified atom stereocenters. The van der Waals surface area contributed by atoms with Crippen molar-refractivity contribution >= 4 is 59.1 Å². The Labute approximate surface area is 119 Å². The lowest BCUT2D eigenvalue weighted by molar-refractivity contribution is 0.0818. The van der Waals surface area contributed by atoms with E-state index in [0.717, 1.165) is 4.31 Å². The monoisotopic (exact) mass is 322 g/mol. The van der Waals surface area contributed by atoms with Crippen molar-refractivity contribution in [2.75, 3.05) is 14.2 Å². The molecule has 0 fully saturated rings. The van der Waals surface area contributed by atoms with Gasteiger partial charge in [-0.05, 0) is 13.8 Å². The molecule has 0 heterocycles. The Balaban J connectivity index is 4.19. The van der Waals surface area contributed by atoms with Crippen LogP contribution >= 0.6 is 46.8 Å². The molecule has 9 heteroatoms. The van der Waals surface area contributed by atoms with Crippen molar-refractivity contribution in [3.8, 4) is 0 Å². The fourth-order valence-corrected chi connectivity index (χ4v) is 1.85. The number of nitrogens with zero attached hydrogens (tertiary/aromatic N) is 2. The number of oxime groups is 1. The average Bonchev–Trinajstić information content (AvgIpc) is 2.14. The highest BCUT2D eigenvalue weighted by Crippen LogP contribution is 2.40. The third-order valence-electron chi connectivity index (χ3n) is 1.52. The van der Waals surface area contributed by atoms with Crippen LogP contribution in [0.4, 0.5) is 4.79 Å². The predicted octanol–water partition coefficient (Wildman–Crippen LogP) is 3.44. The van der Waals surface area contributed by atoms with Gasteiger partial charge < -0.3 is 4.74 Å². The molecule has 1 amide bonds. The van der Waals surface area contributed by atoms with Crippen LogP contribution < -0.4 is 0 Å². The summed E-state index contributed by atoms with van der Waals surface area (Å²) in [5.74, 6) is 0. The van der Waals surface area contributed by atoms with Crippen LogP contribution in [0.2, 0.25) is 0 Å².